The highest BCUT2D eigenvalue weighted by atomic mass is 79.9. The number of likely N-dealkylation sites (N-methyl/N-ethyl adjacent to an activating group) is 1. The fourth-order valence-electron chi connectivity index (χ4n) is 2.52. The number of hydrogen-bond acceptors (Lipinski definition) is 3. The Labute approximate surface area is 156 Å². The van der Waals surface area contributed by atoms with Crippen molar-refractivity contribution in [2.24, 2.45) is 0 Å². The maximum absolute atomic E-state index is 13.9. The second kappa shape index (κ2) is 9.65. The lowest BCUT2D eigenvalue weighted by atomic mass is 10.2. The maximum Gasteiger partial charge on any atom is 0.236 e. The van der Waals surface area contributed by atoms with Gasteiger partial charge < -0.3 is 10.0 Å². The average Bonchev–Trinajstić information content (AvgIpc) is 2.59. The largest absolute Gasteiger partial charge is 0.395 e. The Morgan fingerprint density at radius 1 is 1.16 bits per heavy atom. The molecule has 2 aromatic carbocycles. The normalized spacial score (nSPS) is 10.9. The number of amides is 1. The van der Waals surface area contributed by atoms with Crippen molar-refractivity contribution in [2.45, 2.75) is 13.1 Å². The molecule has 25 heavy (non-hydrogen) atoms. The smallest absolute Gasteiger partial charge is 0.236 e. The molecule has 0 atom stereocenters. The number of benzene rings is 2. The van der Waals surface area contributed by atoms with Crippen LogP contribution in [0, 0.1) is 5.82 Å². The molecule has 0 fully saturated rings. The van der Waals surface area contributed by atoms with Crippen LogP contribution in [0.4, 0.5) is 4.39 Å². The zero-order chi connectivity index (χ0) is 18.2. The Kier molecular flexibility index (Phi) is 7.55. The first-order valence-electron chi connectivity index (χ1n) is 8.04. The van der Waals surface area contributed by atoms with E-state index in [1.807, 2.05) is 30.3 Å². The number of hydrogen-bond donors (Lipinski definition) is 1. The summed E-state index contributed by atoms with van der Waals surface area (Å²) in [7, 11) is 1.74. The Balaban J connectivity index is 1.99. The van der Waals surface area contributed by atoms with E-state index in [2.05, 4.69) is 15.9 Å². The highest BCUT2D eigenvalue weighted by Crippen LogP contribution is 2.17. The Morgan fingerprint density at radius 3 is 2.56 bits per heavy atom. The lowest BCUT2D eigenvalue weighted by molar-refractivity contribution is -0.131. The molecule has 0 saturated carbocycles. The molecule has 4 nitrogen and oxygen atoms in total. The third-order valence-electron chi connectivity index (χ3n) is 3.87. The van der Waals surface area contributed by atoms with Crippen LogP contribution < -0.4 is 0 Å². The van der Waals surface area contributed by atoms with Gasteiger partial charge in [-0.15, -0.1) is 0 Å². The summed E-state index contributed by atoms with van der Waals surface area (Å²) in [4.78, 5) is 15.9. The molecule has 0 spiro atoms. The maximum atomic E-state index is 13.9. The standard InChI is InChI=1S/C19H22BrFN2O2/c1-22(12-15-5-3-2-4-6-15)19(25)14-23(9-10-24)13-16-11-17(20)7-8-18(16)21/h2-8,11,24H,9-10,12-14H2,1H3. The molecule has 2 aromatic rings. The van der Waals surface area contributed by atoms with Crippen molar-refractivity contribution in [2.75, 3.05) is 26.7 Å². The van der Waals surface area contributed by atoms with Crippen molar-refractivity contribution in [3.8, 4) is 0 Å². The van der Waals surface area contributed by atoms with Gasteiger partial charge in [0.15, 0.2) is 0 Å². The molecule has 1 N–H and O–H groups in total. The Morgan fingerprint density at radius 2 is 1.88 bits per heavy atom. The second-order valence-electron chi connectivity index (χ2n) is 5.91. The minimum atomic E-state index is -0.323. The molecule has 0 aliphatic rings. The molecule has 2 rings (SSSR count). The molecular weight excluding hydrogens is 387 g/mol. The number of rotatable bonds is 8. The van der Waals surface area contributed by atoms with E-state index in [1.165, 1.54) is 6.07 Å². The molecule has 0 unspecified atom stereocenters. The van der Waals surface area contributed by atoms with Crippen molar-refractivity contribution in [3.05, 3.63) is 69.9 Å². The van der Waals surface area contributed by atoms with Gasteiger partial charge in [-0.3, -0.25) is 9.69 Å². The van der Waals surface area contributed by atoms with Crippen molar-refractivity contribution >= 4 is 21.8 Å². The summed E-state index contributed by atoms with van der Waals surface area (Å²) in [5, 5.41) is 9.26. The van der Waals surface area contributed by atoms with Gasteiger partial charge in [-0.05, 0) is 23.8 Å². The van der Waals surface area contributed by atoms with Gasteiger partial charge in [-0.2, -0.15) is 0 Å². The molecule has 0 aliphatic carbocycles. The van der Waals surface area contributed by atoms with E-state index >= 15 is 0 Å². The van der Waals surface area contributed by atoms with E-state index in [0.29, 0.717) is 18.7 Å². The van der Waals surface area contributed by atoms with Crippen molar-refractivity contribution < 1.29 is 14.3 Å². The van der Waals surface area contributed by atoms with E-state index < -0.39 is 0 Å². The summed E-state index contributed by atoms with van der Waals surface area (Å²) in [5.41, 5.74) is 1.53. The van der Waals surface area contributed by atoms with Gasteiger partial charge in [-0.1, -0.05) is 46.3 Å². The van der Waals surface area contributed by atoms with Crippen LogP contribution in [0.5, 0.6) is 0 Å². The number of carbonyl (C=O) groups excluding carboxylic acids is 1. The molecule has 0 bridgehead atoms. The minimum absolute atomic E-state index is 0.0762. The van der Waals surface area contributed by atoms with Crippen LogP contribution in [0.15, 0.2) is 53.0 Å². The molecule has 0 radical (unpaired) electrons. The number of halogens is 2. The van der Waals surface area contributed by atoms with Crippen LogP contribution >= 0.6 is 15.9 Å². The van der Waals surface area contributed by atoms with Crippen LogP contribution in [-0.4, -0.2) is 47.6 Å². The zero-order valence-corrected chi connectivity index (χ0v) is 15.7. The molecule has 0 aliphatic heterocycles. The predicted octanol–water partition coefficient (Wildman–Crippen LogP) is 3.04. The zero-order valence-electron chi connectivity index (χ0n) is 14.2. The second-order valence-corrected chi connectivity index (χ2v) is 6.82. The fourth-order valence-corrected chi connectivity index (χ4v) is 2.93. The quantitative estimate of drug-likeness (QED) is 0.729. The summed E-state index contributed by atoms with van der Waals surface area (Å²) in [6.45, 7) is 1.10. The minimum Gasteiger partial charge on any atom is -0.395 e. The molecule has 0 heterocycles. The highest BCUT2D eigenvalue weighted by Gasteiger charge is 2.16. The van der Waals surface area contributed by atoms with Gasteiger partial charge in [0.2, 0.25) is 5.91 Å². The first-order valence-corrected chi connectivity index (χ1v) is 8.84. The molecule has 134 valence electrons. The third kappa shape index (κ3) is 6.23. The van der Waals surface area contributed by atoms with E-state index in [4.69, 9.17) is 0 Å². The van der Waals surface area contributed by atoms with Gasteiger partial charge in [0.1, 0.15) is 5.82 Å². The Bertz CT molecular complexity index is 697. The fraction of sp³-hybridized carbons (Fsp3) is 0.316. The number of aliphatic hydroxyl groups is 1. The average molecular weight is 409 g/mol. The SMILES string of the molecule is CN(Cc1ccccc1)C(=O)CN(CCO)Cc1cc(Br)ccc1F. The first-order chi connectivity index (χ1) is 12.0. The van der Waals surface area contributed by atoms with Crippen molar-refractivity contribution in [3.63, 3.8) is 0 Å². The summed E-state index contributed by atoms with van der Waals surface area (Å²) < 4.78 is 14.7. The van der Waals surface area contributed by atoms with E-state index in [-0.39, 0.29) is 31.4 Å². The van der Waals surface area contributed by atoms with Crippen molar-refractivity contribution in [1.29, 1.82) is 0 Å². The highest BCUT2D eigenvalue weighted by molar-refractivity contribution is 9.10. The van der Waals surface area contributed by atoms with Gasteiger partial charge in [0.05, 0.1) is 13.2 Å². The molecular formula is C19H22BrFN2O2. The van der Waals surface area contributed by atoms with Crippen molar-refractivity contribution in [1.82, 2.24) is 9.80 Å². The van der Waals surface area contributed by atoms with Crippen LogP contribution in [-0.2, 0) is 17.9 Å². The van der Waals surface area contributed by atoms with Crippen LogP contribution in [0.2, 0.25) is 0 Å². The van der Waals surface area contributed by atoms with Gasteiger partial charge in [-0.25, -0.2) is 4.39 Å². The predicted molar refractivity (Wildman–Crippen MR) is 99.4 cm³/mol. The van der Waals surface area contributed by atoms with E-state index in [0.717, 1.165) is 10.0 Å². The van der Waals surface area contributed by atoms with Gasteiger partial charge in [0, 0.05) is 36.7 Å². The molecule has 0 aromatic heterocycles. The summed E-state index contributed by atoms with van der Waals surface area (Å²) in [6.07, 6.45) is 0. The number of nitrogens with zero attached hydrogens (tertiary/aromatic N) is 2. The molecule has 1 amide bonds. The molecule has 0 saturated heterocycles. The van der Waals surface area contributed by atoms with Gasteiger partial charge in [0.25, 0.3) is 0 Å². The topological polar surface area (TPSA) is 43.8 Å². The van der Waals surface area contributed by atoms with Crippen LogP contribution in [0.3, 0.4) is 0 Å². The van der Waals surface area contributed by atoms with E-state index in [1.54, 1.807) is 29.0 Å². The van der Waals surface area contributed by atoms with Crippen LogP contribution in [0.1, 0.15) is 11.1 Å². The summed E-state index contributed by atoms with van der Waals surface area (Å²) in [6, 6.07) is 14.4. The number of aliphatic hydroxyl groups excluding tert-OH is 1. The summed E-state index contributed by atoms with van der Waals surface area (Å²) in [5.74, 6) is -0.399. The Hall–Kier alpha value is -1.76. The monoisotopic (exact) mass is 408 g/mol. The van der Waals surface area contributed by atoms with Gasteiger partial charge >= 0.3 is 0 Å². The van der Waals surface area contributed by atoms with Crippen LogP contribution in [0.25, 0.3) is 0 Å². The molecule has 6 heteroatoms. The number of carbonyl (C=O) groups is 1. The van der Waals surface area contributed by atoms with E-state index in [9.17, 15) is 14.3 Å². The third-order valence-corrected chi connectivity index (χ3v) is 4.36. The lowest BCUT2D eigenvalue weighted by Crippen LogP contribution is -2.39. The first kappa shape index (κ1) is 19.6. The summed E-state index contributed by atoms with van der Waals surface area (Å²) >= 11 is 3.33. The lowest BCUT2D eigenvalue weighted by Gasteiger charge is -2.25.